The molecule has 1 aromatic carbocycles. The lowest BCUT2D eigenvalue weighted by Crippen LogP contribution is -2.61. The zero-order chi connectivity index (χ0) is 49.7. The first-order valence-corrected chi connectivity index (χ1v) is 23.9. The van der Waals surface area contributed by atoms with Crippen molar-refractivity contribution in [3.63, 3.8) is 0 Å². The predicted molar refractivity (Wildman–Crippen MR) is 263 cm³/mol. The predicted octanol–water partition coefficient (Wildman–Crippen LogP) is 5.83. The first kappa shape index (κ1) is 51.8. The van der Waals surface area contributed by atoms with Crippen LogP contribution in [0.2, 0.25) is 0 Å². The van der Waals surface area contributed by atoms with Crippen molar-refractivity contribution in [3.05, 3.63) is 59.8 Å². The number of hydrogen-bond donors (Lipinski definition) is 2. The van der Waals surface area contributed by atoms with Gasteiger partial charge in [0.2, 0.25) is 11.8 Å². The van der Waals surface area contributed by atoms with E-state index >= 15 is 0 Å². The molecule has 2 N–H and O–H groups in total. The number of methoxy groups -OCH3 is 1. The van der Waals surface area contributed by atoms with Crippen molar-refractivity contribution in [2.45, 2.75) is 124 Å². The number of benzene rings is 1. The Bertz CT molecular complexity index is 2480. The molecule has 2 saturated heterocycles. The van der Waals surface area contributed by atoms with Crippen LogP contribution in [-0.2, 0) is 52.8 Å². The third-order valence-electron chi connectivity index (χ3n) is 13.4. The monoisotopic (exact) mass is 937 g/mol. The van der Waals surface area contributed by atoms with Crippen LogP contribution in [0.3, 0.4) is 0 Å². The molecule has 0 radical (unpaired) electrons. The molecule has 368 valence electrons. The highest BCUT2D eigenvalue weighted by Gasteiger charge is 2.38. The fourth-order valence-electron chi connectivity index (χ4n) is 8.68. The number of amides is 3. The molecule has 68 heavy (non-hydrogen) atoms. The number of fused-ring (bicyclic) bond motifs is 6. The number of oxazole rings is 1. The number of ether oxygens (including phenoxy) is 3. The van der Waals surface area contributed by atoms with Gasteiger partial charge in [0.1, 0.15) is 18.3 Å². The van der Waals surface area contributed by atoms with E-state index in [2.05, 4.69) is 66.6 Å². The van der Waals surface area contributed by atoms with Gasteiger partial charge in [0.05, 0.1) is 54.0 Å². The number of carbonyl (C=O) groups excluding carboxylic acids is 4. The van der Waals surface area contributed by atoms with Crippen LogP contribution in [0.1, 0.15) is 92.1 Å². The number of likely N-dealkylation sites (tertiary alicyclic amines) is 1. The lowest BCUT2D eigenvalue weighted by Gasteiger charge is -2.38. The van der Waals surface area contributed by atoms with Crippen molar-refractivity contribution in [2.75, 3.05) is 54.1 Å². The molecule has 6 rings (SSSR count). The Hall–Kier alpha value is -5.60. The van der Waals surface area contributed by atoms with E-state index in [-0.39, 0.29) is 49.6 Å². The van der Waals surface area contributed by atoms with Crippen molar-refractivity contribution in [1.29, 1.82) is 0 Å². The molecule has 5 heterocycles. The Morgan fingerprint density at radius 1 is 1.19 bits per heavy atom. The normalized spacial score (nSPS) is 20.6. The minimum atomic E-state index is -1.07. The SMILES string of the molecule is C=C/C(=C(\N=CC)[C@H](C)OC)c1c2c3cc(ccc3n1CC)-c1nc(co1)C[C@H](NC(=O)[C@@H](COC1CN(C(=O)C#CC(C)(C)N(C)C)C1)C(C)C)C(=O)N1CCC[C@H](N1)C(=O)OCC(C)(C)C2. The number of hydrogen-bond acceptors (Lipinski definition) is 12. The second-order valence-corrected chi connectivity index (χ2v) is 20.0. The summed E-state index contributed by atoms with van der Waals surface area (Å²) in [5.41, 5.74) is 7.85. The molecule has 3 aliphatic heterocycles. The second kappa shape index (κ2) is 21.8. The number of aliphatic imine (C=N–C) groups is 1. The lowest BCUT2D eigenvalue weighted by atomic mass is 9.84. The first-order chi connectivity index (χ1) is 32.2. The van der Waals surface area contributed by atoms with Crippen molar-refractivity contribution in [2.24, 2.45) is 22.2 Å². The zero-order valence-electron chi connectivity index (χ0n) is 42.2. The molecule has 6 bridgehead atoms. The summed E-state index contributed by atoms with van der Waals surface area (Å²) >= 11 is 0. The number of aryl methyl sites for hydroxylation is 1. The quantitative estimate of drug-likeness (QED) is 0.0915. The van der Waals surface area contributed by atoms with E-state index in [1.807, 2.05) is 72.7 Å². The molecular formula is C52H72N8O8. The second-order valence-electron chi connectivity index (χ2n) is 20.0. The number of rotatable bonds is 13. The molecule has 3 aliphatic rings. The van der Waals surface area contributed by atoms with Crippen LogP contribution >= 0.6 is 0 Å². The molecule has 0 unspecified atom stereocenters. The van der Waals surface area contributed by atoms with E-state index in [0.717, 1.165) is 39.0 Å². The summed E-state index contributed by atoms with van der Waals surface area (Å²) in [6, 6.07) is 4.24. The molecule has 0 saturated carbocycles. The van der Waals surface area contributed by atoms with E-state index < -0.39 is 40.8 Å². The van der Waals surface area contributed by atoms with E-state index in [0.29, 0.717) is 57.0 Å². The van der Waals surface area contributed by atoms with Crippen LogP contribution in [0, 0.1) is 29.1 Å². The number of hydrazine groups is 1. The highest BCUT2D eigenvalue weighted by Crippen LogP contribution is 2.40. The maximum Gasteiger partial charge on any atom is 0.324 e. The number of nitrogens with one attached hydrogen (secondary N) is 2. The van der Waals surface area contributed by atoms with Crippen LogP contribution in [0.5, 0.6) is 0 Å². The number of aromatic nitrogens is 2. The zero-order valence-corrected chi connectivity index (χ0v) is 42.2. The fourth-order valence-corrected chi connectivity index (χ4v) is 8.68. The first-order valence-electron chi connectivity index (χ1n) is 23.9. The molecule has 0 spiro atoms. The van der Waals surface area contributed by atoms with Gasteiger partial charge in [-0.1, -0.05) is 46.3 Å². The summed E-state index contributed by atoms with van der Waals surface area (Å²) < 4.78 is 26.5. The average molecular weight is 937 g/mol. The summed E-state index contributed by atoms with van der Waals surface area (Å²) in [6.07, 6.45) is 6.07. The minimum Gasteiger partial charge on any atom is -0.464 e. The van der Waals surface area contributed by atoms with Gasteiger partial charge >= 0.3 is 5.97 Å². The maximum absolute atomic E-state index is 14.5. The van der Waals surface area contributed by atoms with Gasteiger partial charge in [-0.15, -0.1) is 0 Å². The minimum absolute atomic E-state index is 0.0162. The van der Waals surface area contributed by atoms with Gasteiger partial charge in [0.25, 0.3) is 11.8 Å². The smallest absolute Gasteiger partial charge is 0.324 e. The molecule has 4 atom stereocenters. The van der Waals surface area contributed by atoms with E-state index in [1.54, 1.807) is 18.2 Å². The average Bonchev–Trinajstić information content (AvgIpc) is 3.88. The van der Waals surface area contributed by atoms with Crippen LogP contribution in [0.25, 0.3) is 27.9 Å². The van der Waals surface area contributed by atoms with Gasteiger partial charge in [-0.05, 0) is 104 Å². The summed E-state index contributed by atoms with van der Waals surface area (Å²) in [5, 5.41) is 5.42. The number of allylic oxidation sites excluding steroid dienone is 2. The molecule has 0 aliphatic carbocycles. The number of carbonyl (C=O) groups is 4. The Kier molecular flexibility index (Phi) is 16.6. The van der Waals surface area contributed by atoms with Gasteiger partial charge in [-0.25, -0.2) is 10.4 Å². The van der Waals surface area contributed by atoms with Crippen molar-refractivity contribution in [1.82, 2.24) is 35.1 Å². The summed E-state index contributed by atoms with van der Waals surface area (Å²) in [4.78, 5) is 68.7. The standard InChI is InChI=1S/C52H72N8O8/c1-14-37(45(53-15-2)33(6)65-13)46-39-26-51(7,8)31-68-50(64)41-18-17-23-60(56-41)49(63)42(25-35-29-67-48(54-35)34-19-20-43(38(39)24-34)59(46)16-3)55-47(62)40(32(4)5)30-66-36-27-58(28-36)44(61)21-22-52(9,10)57(11)12/h14-15,19-20,24,29,32-33,36,40-42,56H,1,16-18,23,25-28,30-31H2,2-13H3,(H,55,62)/b45-37+,53-15?/t33-,40-,41-,42-/m0/s1. The molecular weight excluding hydrogens is 865 g/mol. The lowest BCUT2D eigenvalue weighted by molar-refractivity contribution is -0.155. The fraction of sp³-hybridized carbons (Fsp3) is 0.577. The summed E-state index contributed by atoms with van der Waals surface area (Å²) in [5.74, 6) is 3.88. The molecule has 2 fully saturated rings. The van der Waals surface area contributed by atoms with Gasteiger partial charge in [-0.3, -0.25) is 34.1 Å². The van der Waals surface area contributed by atoms with Crippen LogP contribution in [-0.4, -0.2) is 138 Å². The molecule has 16 nitrogen and oxygen atoms in total. The van der Waals surface area contributed by atoms with E-state index in [1.165, 1.54) is 11.3 Å². The van der Waals surface area contributed by atoms with Crippen molar-refractivity contribution in [3.8, 4) is 23.3 Å². The van der Waals surface area contributed by atoms with Gasteiger partial charge in [0, 0.05) is 73.4 Å². The molecule has 3 amide bonds. The molecule has 2 aromatic heterocycles. The third kappa shape index (κ3) is 11.6. The Balaban J connectivity index is 1.33. The molecule has 16 heteroatoms. The van der Waals surface area contributed by atoms with Crippen molar-refractivity contribution < 1.29 is 37.8 Å². The number of esters is 1. The van der Waals surface area contributed by atoms with Gasteiger partial charge in [0.15, 0.2) is 0 Å². The maximum atomic E-state index is 14.5. The summed E-state index contributed by atoms with van der Waals surface area (Å²) in [7, 11) is 5.49. The number of cyclic esters (lactones) is 1. The van der Waals surface area contributed by atoms with Gasteiger partial charge < -0.3 is 33.4 Å². The Morgan fingerprint density at radius 3 is 2.57 bits per heavy atom. The van der Waals surface area contributed by atoms with E-state index in [4.69, 9.17) is 28.6 Å². The number of nitrogens with zero attached hydrogens (tertiary/aromatic N) is 6. The van der Waals surface area contributed by atoms with Crippen molar-refractivity contribution >= 4 is 46.4 Å². The highest BCUT2D eigenvalue weighted by atomic mass is 16.5. The topological polar surface area (TPSA) is 173 Å². The Labute approximate surface area is 401 Å². The molecule has 3 aromatic rings. The van der Waals surface area contributed by atoms with E-state index in [9.17, 15) is 19.2 Å². The highest BCUT2D eigenvalue weighted by molar-refractivity contribution is 5.96. The van der Waals surface area contributed by atoms with Gasteiger partial charge in [-0.2, -0.15) is 0 Å². The van der Waals surface area contributed by atoms with Crippen LogP contribution in [0.15, 0.2) is 52.2 Å². The summed E-state index contributed by atoms with van der Waals surface area (Å²) in [6.45, 7) is 24.0. The third-order valence-corrected chi connectivity index (χ3v) is 13.4. The van der Waals surface area contributed by atoms with Crippen LogP contribution < -0.4 is 10.7 Å². The largest absolute Gasteiger partial charge is 0.464 e. The Morgan fingerprint density at radius 2 is 1.93 bits per heavy atom. The van der Waals surface area contributed by atoms with Crippen LogP contribution in [0.4, 0.5) is 0 Å².